The van der Waals surface area contributed by atoms with Crippen LogP contribution in [-0.2, 0) is 19.3 Å². The molecule has 126 valence electrons. The minimum absolute atomic E-state index is 0.0103. The lowest BCUT2D eigenvalue weighted by atomic mass is 10.1. The molecule has 6 nitrogen and oxygen atoms in total. The van der Waals surface area contributed by atoms with E-state index in [4.69, 9.17) is 5.11 Å². The fourth-order valence-electron chi connectivity index (χ4n) is 2.56. The Labute approximate surface area is 134 Å². The van der Waals surface area contributed by atoms with Crippen molar-refractivity contribution < 1.29 is 27.9 Å². The van der Waals surface area contributed by atoms with Crippen LogP contribution in [0.2, 0.25) is 0 Å². The number of alkyl halides is 3. The maximum atomic E-state index is 12.8. The predicted octanol–water partition coefficient (Wildman–Crippen LogP) is 2.26. The Kier molecular flexibility index (Phi) is 3.78. The molecule has 9 heteroatoms. The van der Waals surface area contributed by atoms with Crippen molar-refractivity contribution in [2.24, 2.45) is 0 Å². The van der Waals surface area contributed by atoms with Crippen LogP contribution in [0, 0.1) is 0 Å². The normalized spacial score (nSPS) is 14.6. The third kappa shape index (κ3) is 2.97. The number of nitrogens with zero attached hydrogens (tertiary/aromatic N) is 3. The first-order valence-corrected chi connectivity index (χ1v) is 7.02. The number of benzene rings is 1. The van der Waals surface area contributed by atoms with E-state index in [1.165, 1.54) is 27.8 Å². The van der Waals surface area contributed by atoms with Gasteiger partial charge in [-0.05, 0) is 17.7 Å². The van der Waals surface area contributed by atoms with E-state index in [1.807, 2.05) is 0 Å². The van der Waals surface area contributed by atoms with Crippen LogP contribution >= 0.6 is 0 Å². The summed E-state index contributed by atoms with van der Waals surface area (Å²) in [6.45, 7) is 0.534. The van der Waals surface area contributed by atoms with E-state index in [0.717, 1.165) is 12.1 Å². The molecule has 2 aromatic rings. The number of hydrogen-bond donors (Lipinski definition) is 1. The van der Waals surface area contributed by atoms with Gasteiger partial charge < -0.3 is 10.0 Å². The van der Waals surface area contributed by atoms with Crippen molar-refractivity contribution in [3.8, 4) is 0 Å². The molecule has 1 aromatic heterocycles. The zero-order chi connectivity index (χ0) is 17.5. The van der Waals surface area contributed by atoms with Crippen LogP contribution in [0.25, 0.3) is 0 Å². The van der Waals surface area contributed by atoms with E-state index in [0.29, 0.717) is 5.56 Å². The molecule has 0 saturated heterocycles. The standard InChI is InChI=1S/C15H12F3N3O3/c16-15(17,18)10-3-1-2-9(6-10)8-20-4-5-21-12(13(20)22)7-11(19-21)14(23)24/h1-3,6-7H,4-5,8H2,(H,23,24). The second-order valence-electron chi connectivity index (χ2n) is 5.37. The lowest BCUT2D eigenvalue weighted by Crippen LogP contribution is -2.39. The van der Waals surface area contributed by atoms with Crippen molar-refractivity contribution in [2.75, 3.05) is 6.54 Å². The Balaban J connectivity index is 1.82. The van der Waals surface area contributed by atoms with Crippen LogP contribution < -0.4 is 0 Å². The molecule has 1 aliphatic heterocycles. The number of halogens is 3. The second-order valence-corrected chi connectivity index (χ2v) is 5.37. The summed E-state index contributed by atoms with van der Waals surface area (Å²) in [7, 11) is 0. The molecular weight excluding hydrogens is 327 g/mol. The van der Waals surface area contributed by atoms with Gasteiger partial charge in [-0.15, -0.1) is 0 Å². The largest absolute Gasteiger partial charge is 0.476 e. The number of carbonyl (C=O) groups is 2. The van der Waals surface area contributed by atoms with Crippen molar-refractivity contribution in [3.05, 3.63) is 52.8 Å². The molecule has 0 unspecified atom stereocenters. The van der Waals surface area contributed by atoms with E-state index in [2.05, 4.69) is 5.10 Å². The van der Waals surface area contributed by atoms with Gasteiger partial charge in [0.05, 0.1) is 12.1 Å². The van der Waals surface area contributed by atoms with Crippen molar-refractivity contribution in [1.29, 1.82) is 0 Å². The Bertz CT molecular complexity index is 814. The molecule has 0 atom stereocenters. The highest BCUT2D eigenvalue weighted by Gasteiger charge is 2.31. The monoisotopic (exact) mass is 339 g/mol. The van der Waals surface area contributed by atoms with Crippen LogP contribution in [0.1, 0.15) is 32.1 Å². The number of carboxylic acids is 1. The molecule has 0 saturated carbocycles. The third-order valence-electron chi connectivity index (χ3n) is 3.71. The first-order valence-electron chi connectivity index (χ1n) is 7.02. The average Bonchev–Trinajstić information content (AvgIpc) is 2.95. The van der Waals surface area contributed by atoms with Gasteiger partial charge in [0.2, 0.25) is 0 Å². The number of carboxylic acid groups (broad SMARTS) is 1. The molecule has 0 fully saturated rings. The van der Waals surface area contributed by atoms with Gasteiger partial charge in [0.1, 0.15) is 5.69 Å². The van der Waals surface area contributed by atoms with Crippen molar-refractivity contribution >= 4 is 11.9 Å². The zero-order valence-corrected chi connectivity index (χ0v) is 12.2. The minimum atomic E-state index is -4.45. The summed E-state index contributed by atoms with van der Waals surface area (Å²) in [4.78, 5) is 24.7. The maximum Gasteiger partial charge on any atom is 0.416 e. The van der Waals surface area contributed by atoms with Crippen molar-refractivity contribution in [2.45, 2.75) is 19.3 Å². The molecule has 0 bridgehead atoms. The van der Waals surface area contributed by atoms with Gasteiger partial charge in [0, 0.05) is 19.2 Å². The summed E-state index contributed by atoms with van der Waals surface area (Å²) < 4.78 is 39.6. The molecule has 0 spiro atoms. The van der Waals surface area contributed by atoms with E-state index in [-0.39, 0.29) is 31.0 Å². The van der Waals surface area contributed by atoms with Crippen LogP contribution in [0.15, 0.2) is 30.3 Å². The van der Waals surface area contributed by atoms with Crippen LogP contribution in [0.5, 0.6) is 0 Å². The lowest BCUT2D eigenvalue weighted by molar-refractivity contribution is -0.137. The van der Waals surface area contributed by atoms with E-state index >= 15 is 0 Å². The van der Waals surface area contributed by atoms with Gasteiger partial charge in [0.25, 0.3) is 5.91 Å². The van der Waals surface area contributed by atoms with E-state index in [9.17, 15) is 22.8 Å². The summed E-state index contributed by atoms with van der Waals surface area (Å²) in [5, 5.41) is 12.7. The fourth-order valence-corrected chi connectivity index (χ4v) is 2.56. The van der Waals surface area contributed by atoms with Crippen LogP contribution in [0.4, 0.5) is 13.2 Å². The Hall–Kier alpha value is -2.84. The van der Waals surface area contributed by atoms with Gasteiger partial charge in [-0.3, -0.25) is 9.48 Å². The van der Waals surface area contributed by atoms with Crippen LogP contribution in [-0.4, -0.2) is 38.2 Å². The predicted molar refractivity (Wildman–Crippen MR) is 75.4 cm³/mol. The Morgan fingerprint density at radius 1 is 1.25 bits per heavy atom. The topological polar surface area (TPSA) is 75.4 Å². The molecule has 2 heterocycles. The summed E-state index contributed by atoms with van der Waals surface area (Å²) in [5.74, 6) is -1.70. The first-order chi connectivity index (χ1) is 11.3. The van der Waals surface area contributed by atoms with Gasteiger partial charge in [-0.2, -0.15) is 18.3 Å². The number of hydrogen-bond acceptors (Lipinski definition) is 3. The molecule has 0 radical (unpaired) electrons. The van der Waals surface area contributed by atoms with Gasteiger partial charge in [0.15, 0.2) is 5.69 Å². The summed E-state index contributed by atoms with van der Waals surface area (Å²) in [6.07, 6.45) is -4.45. The molecule has 3 rings (SSSR count). The van der Waals surface area contributed by atoms with Crippen molar-refractivity contribution in [3.63, 3.8) is 0 Å². The van der Waals surface area contributed by atoms with Crippen LogP contribution in [0.3, 0.4) is 0 Å². The number of carbonyl (C=O) groups excluding carboxylic acids is 1. The summed E-state index contributed by atoms with van der Waals surface area (Å²) in [5.41, 5.74) is -0.544. The smallest absolute Gasteiger partial charge is 0.416 e. The summed E-state index contributed by atoms with van der Waals surface area (Å²) in [6, 6.07) is 5.94. The molecule has 1 N–H and O–H groups in total. The number of rotatable bonds is 3. The fraction of sp³-hybridized carbons (Fsp3) is 0.267. The highest BCUT2D eigenvalue weighted by atomic mass is 19.4. The number of amides is 1. The SMILES string of the molecule is O=C(O)c1cc2n(n1)CCN(Cc1cccc(C(F)(F)F)c1)C2=O. The Morgan fingerprint density at radius 3 is 2.67 bits per heavy atom. The molecule has 0 aliphatic carbocycles. The number of aromatic nitrogens is 2. The molecule has 24 heavy (non-hydrogen) atoms. The van der Waals surface area contributed by atoms with Gasteiger partial charge >= 0.3 is 12.1 Å². The highest BCUT2D eigenvalue weighted by Crippen LogP contribution is 2.30. The highest BCUT2D eigenvalue weighted by molar-refractivity contribution is 5.96. The number of fused-ring (bicyclic) bond motifs is 1. The second kappa shape index (κ2) is 5.66. The molecular formula is C15H12F3N3O3. The number of aromatic carboxylic acids is 1. The summed E-state index contributed by atoms with van der Waals surface area (Å²) >= 11 is 0. The average molecular weight is 339 g/mol. The van der Waals surface area contributed by atoms with Crippen molar-refractivity contribution in [1.82, 2.24) is 14.7 Å². The molecule has 1 aromatic carbocycles. The zero-order valence-electron chi connectivity index (χ0n) is 12.2. The maximum absolute atomic E-state index is 12.8. The minimum Gasteiger partial charge on any atom is -0.476 e. The lowest BCUT2D eigenvalue weighted by Gasteiger charge is -2.27. The van der Waals surface area contributed by atoms with Gasteiger partial charge in [-0.25, -0.2) is 4.79 Å². The third-order valence-corrected chi connectivity index (χ3v) is 3.71. The first kappa shape index (κ1) is 16.0. The molecule has 1 amide bonds. The molecule has 1 aliphatic rings. The Morgan fingerprint density at radius 2 is 2.00 bits per heavy atom. The van der Waals surface area contributed by atoms with E-state index < -0.39 is 23.6 Å². The van der Waals surface area contributed by atoms with Gasteiger partial charge in [-0.1, -0.05) is 12.1 Å². The quantitative estimate of drug-likeness (QED) is 0.931. The van der Waals surface area contributed by atoms with E-state index in [1.54, 1.807) is 0 Å².